The van der Waals surface area contributed by atoms with Crippen LogP contribution in [-0.2, 0) is 4.79 Å². The maximum absolute atomic E-state index is 13.9. The Balaban J connectivity index is 2.12. The highest BCUT2D eigenvalue weighted by Gasteiger charge is 2.30. The molecule has 1 unspecified atom stereocenters. The second-order valence-electron chi connectivity index (χ2n) is 9.91. The molecule has 6 nitrogen and oxygen atoms in total. The summed E-state index contributed by atoms with van der Waals surface area (Å²) in [5, 5.41) is 3.79. The van der Waals surface area contributed by atoms with Crippen molar-refractivity contribution >= 4 is 16.8 Å². The molecule has 1 aromatic heterocycles. The fourth-order valence-electron chi connectivity index (χ4n) is 4.42. The Bertz CT molecular complexity index is 1450. The first-order valence-corrected chi connectivity index (χ1v) is 11.9. The normalized spacial score (nSPS) is 12.3. The molecular weight excluding hydrogens is 452 g/mol. The van der Waals surface area contributed by atoms with Crippen LogP contribution in [0.25, 0.3) is 22.0 Å². The molecule has 0 aliphatic rings. The quantitative estimate of drug-likeness (QED) is 0.392. The van der Waals surface area contributed by atoms with Crippen LogP contribution in [0.5, 0.6) is 11.5 Å². The summed E-state index contributed by atoms with van der Waals surface area (Å²) in [5.74, 6) is 0.802. The molecule has 0 aliphatic heterocycles. The zero-order valence-corrected chi connectivity index (χ0v) is 21.6. The van der Waals surface area contributed by atoms with Crippen molar-refractivity contribution in [3.8, 4) is 22.6 Å². The Kier molecular flexibility index (Phi) is 6.88. The average Bonchev–Trinajstić information content (AvgIpc) is 2.85. The van der Waals surface area contributed by atoms with E-state index in [0.717, 1.165) is 22.1 Å². The highest BCUT2D eigenvalue weighted by atomic mass is 16.5. The number of hydrogen-bond donors (Lipinski definition) is 1. The number of pyridine rings is 1. The predicted molar refractivity (Wildman–Crippen MR) is 144 cm³/mol. The standard InChI is InChI=1S/C30H32N2O4/c1-19-12-14-21(15-13-19)28(29(34)31-30(2,3)4)32-24-16-22(35-5)17-25(36-6)27(24)23(18-26(32)33)20-10-8-7-9-11-20/h7-18,28H,1-6H3,(H,31,34). The number of benzene rings is 3. The van der Waals surface area contributed by atoms with Crippen molar-refractivity contribution in [1.29, 1.82) is 0 Å². The smallest absolute Gasteiger partial charge is 0.252 e. The van der Waals surface area contributed by atoms with Crippen LogP contribution in [0.2, 0.25) is 0 Å². The van der Waals surface area contributed by atoms with E-state index in [-0.39, 0.29) is 11.5 Å². The monoisotopic (exact) mass is 484 g/mol. The molecule has 186 valence electrons. The average molecular weight is 485 g/mol. The first kappa shape index (κ1) is 25.0. The van der Waals surface area contributed by atoms with E-state index in [0.29, 0.717) is 22.6 Å². The summed E-state index contributed by atoms with van der Waals surface area (Å²) in [4.78, 5) is 27.7. The van der Waals surface area contributed by atoms with Gasteiger partial charge in [-0.1, -0.05) is 60.2 Å². The first-order chi connectivity index (χ1) is 17.1. The van der Waals surface area contributed by atoms with Crippen LogP contribution < -0.4 is 20.3 Å². The van der Waals surface area contributed by atoms with Gasteiger partial charge in [0.2, 0.25) is 5.91 Å². The summed E-state index contributed by atoms with van der Waals surface area (Å²) in [7, 11) is 3.15. The molecule has 1 atom stereocenters. The van der Waals surface area contributed by atoms with Gasteiger partial charge in [0, 0.05) is 34.7 Å². The van der Waals surface area contributed by atoms with E-state index in [1.165, 1.54) is 0 Å². The largest absolute Gasteiger partial charge is 0.497 e. The van der Waals surface area contributed by atoms with Crippen molar-refractivity contribution in [1.82, 2.24) is 9.88 Å². The van der Waals surface area contributed by atoms with Gasteiger partial charge in [0.15, 0.2) is 0 Å². The zero-order chi connectivity index (χ0) is 26.0. The van der Waals surface area contributed by atoms with E-state index in [1.807, 2.05) is 82.3 Å². The lowest BCUT2D eigenvalue weighted by Crippen LogP contribution is -2.46. The minimum Gasteiger partial charge on any atom is -0.497 e. The SMILES string of the molecule is COc1cc(OC)c2c(-c3ccccc3)cc(=O)n(C(C(=O)NC(C)(C)C)c3ccc(C)cc3)c2c1. The van der Waals surface area contributed by atoms with Crippen molar-refractivity contribution in [3.05, 3.63) is 94.3 Å². The Morgan fingerprint density at radius 1 is 0.917 bits per heavy atom. The molecule has 36 heavy (non-hydrogen) atoms. The summed E-state index contributed by atoms with van der Waals surface area (Å²) < 4.78 is 12.9. The van der Waals surface area contributed by atoms with E-state index in [9.17, 15) is 9.59 Å². The van der Waals surface area contributed by atoms with E-state index in [4.69, 9.17) is 9.47 Å². The van der Waals surface area contributed by atoms with Crippen molar-refractivity contribution < 1.29 is 14.3 Å². The van der Waals surface area contributed by atoms with Crippen LogP contribution in [0.1, 0.15) is 37.9 Å². The summed E-state index contributed by atoms with van der Waals surface area (Å²) >= 11 is 0. The van der Waals surface area contributed by atoms with E-state index >= 15 is 0 Å². The third-order valence-electron chi connectivity index (χ3n) is 6.03. The Morgan fingerprint density at radius 3 is 2.17 bits per heavy atom. The second kappa shape index (κ2) is 9.90. The third kappa shape index (κ3) is 4.98. The van der Waals surface area contributed by atoms with E-state index < -0.39 is 11.6 Å². The Morgan fingerprint density at radius 2 is 1.58 bits per heavy atom. The Hall–Kier alpha value is -4.06. The van der Waals surface area contributed by atoms with Crippen LogP contribution in [0, 0.1) is 6.92 Å². The molecule has 0 bridgehead atoms. The van der Waals surface area contributed by atoms with Gasteiger partial charge >= 0.3 is 0 Å². The predicted octanol–water partition coefficient (Wildman–Crippen LogP) is 5.50. The van der Waals surface area contributed by atoms with Gasteiger partial charge in [-0.05, 0) is 38.8 Å². The number of carbonyl (C=O) groups excluding carboxylic acids is 1. The molecule has 0 aliphatic carbocycles. The minimum atomic E-state index is -0.901. The van der Waals surface area contributed by atoms with Crippen molar-refractivity contribution in [3.63, 3.8) is 0 Å². The fourth-order valence-corrected chi connectivity index (χ4v) is 4.42. The molecule has 6 heteroatoms. The lowest BCUT2D eigenvalue weighted by atomic mass is 9.97. The minimum absolute atomic E-state index is 0.274. The summed E-state index contributed by atoms with van der Waals surface area (Å²) in [6.45, 7) is 7.74. The molecule has 4 rings (SSSR count). The van der Waals surface area contributed by atoms with Gasteiger partial charge in [0.25, 0.3) is 5.56 Å². The molecule has 1 heterocycles. The molecular formula is C30H32N2O4. The van der Waals surface area contributed by atoms with E-state index in [2.05, 4.69) is 5.32 Å². The molecule has 4 aromatic rings. The molecule has 0 saturated heterocycles. The van der Waals surface area contributed by atoms with Gasteiger partial charge in [0.05, 0.1) is 19.7 Å². The lowest BCUT2D eigenvalue weighted by Gasteiger charge is -2.28. The molecule has 1 N–H and O–H groups in total. The number of nitrogens with zero attached hydrogens (tertiary/aromatic N) is 1. The zero-order valence-electron chi connectivity index (χ0n) is 21.6. The van der Waals surface area contributed by atoms with Crippen molar-refractivity contribution in [2.45, 2.75) is 39.3 Å². The third-order valence-corrected chi connectivity index (χ3v) is 6.03. The van der Waals surface area contributed by atoms with Gasteiger partial charge < -0.3 is 14.8 Å². The van der Waals surface area contributed by atoms with Gasteiger partial charge in [-0.3, -0.25) is 14.2 Å². The number of nitrogens with one attached hydrogen (secondary N) is 1. The number of rotatable bonds is 6. The number of hydrogen-bond acceptors (Lipinski definition) is 4. The van der Waals surface area contributed by atoms with Gasteiger partial charge in [-0.15, -0.1) is 0 Å². The van der Waals surface area contributed by atoms with Gasteiger partial charge in [0.1, 0.15) is 17.5 Å². The number of amides is 1. The molecule has 0 saturated carbocycles. The fraction of sp³-hybridized carbons (Fsp3) is 0.267. The van der Waals surface area contributed by atoms with Crippen LogP contribution in [0.4, 0.5) is 0 Å². The van der Waals surface area contributed by atoms with Crippen molar-refractivity contribution in [2.75, 3.05) is 14.2 Å². The lowest BCUT2D eigenvalue weighted by molar-refractivity contribution is -0.124. The maximum Gasteiger partial charge on any atom is 0.252 e. The molecule has 3 aromatic carbocycles. The summed E-state index contributed by atoms with van der Waals surface area (Å²) in [5.41, 5.74) is 3.14. The van der Waals surface area contributed by atoms with Crippen LogP contribution >= 0.6 is 0 Å². The first-order valence-electron chi connectivity index (χ1n) is 11.9. The molecule has 1 amide bonds. The van der Waals surface area contributed by atoms with Crippen LogP contribution in [0.3, 0.4) is 0 Å². The van der Waals surface area contributed by atoms with Crippen molar-refractivity contribution in [2.24, 2.45) is 0 Å². The number of fused-ring (bicyclic) bond motifs is 1. The van der Waals surface area contributed by atoms with E-state index in [1.54, 1.807) is 37.0 Å². The molecule has 0 fully saturated rings. The molecule has 0 radical (unpaired) electrons. The van der Waals surface area contributed by atoms with Gasteiger partial charge in [-0.2, -0.15) is 0 Å². The number of aromatic nitrogens is 1. The highest BCUT2D eigenvalue weighted by Crippen LogP contribution is 2.39. The number of ether oxygens (including phenoxy) is 2. The highest BCUT2D eigenvalue weighted by molar-refractivity contribution is 6.01. The summed E-state index contributed by atoms with van der Waals surface area (Å²) in [6.07, 6.45) is 0. The molecule has 0 spiro atoms. The summed E-state index contributed by atoms with van der Waals surface area (Å²) in [6, 6.07) is 21.6. The number of aryl methyl sites for hydroxylation is 1. The maximum atomic E-state index is 13.9. The van der Waals surface area contributed by atoms with Crippen LogP contribution in [0.15, 0.2) is 77.6 Å². The number of carbonyl (C=O) groups is 1. The van der Waals surface area contributed by atoms with Crippen LogP contribution in [-0.4, -0.2) is 30.2 Å². The second-order valence-corrected chi connectivity index (χ2v) is 9.91. The number of methoxy groups -OCH3 is 2. The van der Waals surface area contributed by atoms with Gasteiger partial charge in [-0.25, -0.2) is 0 Å². The topological polar surface area (TPSA) is 69.6 Å². The Labute approximate surface area is 211 Å².